The van der Waals surface area contributed by atoms with Crippen LogP contribution in [0.1, 0.15) is 12.8 Å². The summed E-state index contributed by atoms with van der Waals surface area (Å²) in [5, 5.41) is 21.0. The van der Waals surface area contributed by atoms with Crippen molar-refractivity contribution in [2.45, 2.75) is 64.2 Å². The van der Waals surface area contributed by atoms with Crippen LogP contribution >= 0.6 is 0 Å². The van der Waals surface area contributed by atoms with Crippen LogP contribution in [-0.2, 0) is 12.3 Å². The van der Waals surface area contributed by atoms with E-state index in [1.54, 1.807) is 0 Å². The average Bonchev–Trinajstić information content (AvgIpc) is 2.76. The molecule has 0 spiro atoms. The molecule has 2 aromatic carbocycles. The monoisotopic (exact) mass is 522 g/mol. The van der Waals surface area contributed by atoms with E-state index in [0.29, 0.717) is 0 Å². The predicted molar refractivity (Wildman–Crippen MR) is 147 cm³/mol. The number of aliphatic hydroxyl groups is 2. The minimum absolute atomic E-state index is 0.167. The van der Waals surface area contributed by atoms with Crippen molar-refractivity contribution in [3.63, 3.8) is 0 Å². The van der Waals surface area contributed by atoms with Crippen LogP contribution in [0.15, 0.2) is 60.7 Å². The van der Waals surface area contributed by atoms with Gasteiger partial charge < -0.3 is 22.6 Å². The first-order chi connectivity index (χ1) is 15.5. The Bertz CT molecular complexity index is 792. The summed E-state index contributed by atoms with van der Waals surface area (Å²) >= 11 is 0. The third kappa shape index (κ3) is 8.68. The molecule has 0 saturated heterocycles. The smallest absolute Gasteiger partial charge is 0.388 e. The van der Waals surface area contributed by atoms with Crippen LogP contribution in [0.2, 0.25) is 51.4 Å². The molecule has 0 saturated carbocycles. The minimum atomic E-state index is -3.11. The van der Waals surface area contributed by atoms with E-state index in [-0.39, 0.29) is 13.2 Å². The Kier molecular flexibility index (Phi) is 10.5. The van der Waals surface area contributed by atoms with Crippen LogP contribution in [0.4, 0.5) is 0 Å². The van der Waals surface area contributed by atoms with E-state index < -0.39 is 33.8 Å². The second-order valence-corrected chi connectivity index (χ2v) is 25.9. The van der Waals surface area contributed by atoms with Crippen molar-refractivity contribution in [2.75, 3.05) is 13.2 Å². The van der Waals surface area contributed by atoms with Gasteiger partial charge in [0, 0.05) is 13.2 Å². The normalized spacial score (nSPS) is 13.3. The molecule has 0 radical (unpaired) electrons. The SMILES string of the molecule is C[Si](C)(CCCO)O[Si](C)(C)O[Si](O[Si](C)(C)CCCO)(c1ccccc1)c1ccccc1. The van der Waals surface area contributed by atoms with Gasteiger partial charge in [0.25, 0.3) is 0 Å². The molecule has 0 aromatic heterocycles. The van der Waals surface area contributed by atoms with Crippen LogP contribution < -0.4 is 10.4 Å². The maximum absolute atomic E-state index is 9.47. The molecule has 0 unspecified atom stereocenters. The summed E-state index contributed by atoms with van der Waals surface area (Å²) in [7, 11) is -9.94. The highest BCUT2D eigenvalue weighted by Gasteiger charge is 2.52. The zero-order valence-electron chi connectivity index (χ0n) is 21.1. The van der Waals surface area contributed by atoms with E-state index in [2.05, 4.69) is 63.5 Å². The summed E-state index contributed by atoms with van der Waals surface area (Å²) in [6.45, 7) is 13.4. The first-order valence-corrected chi connectivity index (χ1v) is 22.7. The highest BCUT2D eigenvalue weighted by molar-refractivity contribution is 7.02. The fourth-order valence-corrected chi connectivity index (χ4v) is 22.9. The van der Waals surface area contributed by atoms with Gasteiger partial charge in [-0.3, -0.25) is 0 Å². The molecule has 9 heteroatoms. The fraction of sp³-hybridized carbons (Fsp3) is 0.500. The third-order valence-electron chi connectivity index (χ3n) is 5.51. The van der Waals surface area contributed by atoms with Gasteiger partial charge in [-0.2, -0.15) is 0 Å². The molecular formula is C24H42O5Si4. The number of benzene rings is 2. The van der Waals surface area contributed by atoms with Gasteiger partial charge in [-0.05, 0) is 74.6 Å². The van der Waals surface area contributed by atoms with Crippen molar-refractivity contribution >= 4 is 44.1 Å². The molecule has 2 rings (SSSR count). The van der Waals surface area contributed by atoms with Crippen LogP contribution in [0, 0.1) is 0 Å². The molecule has 0 bridgehead atoms. The van der Waals surface area contributed by atoms with E-state index in [0.717, 1.165) is 35.3 Å². The predicted octanol–water partition coefficient (Wildman–Crippen LogP) is 4.17. The van der Waals surface area contributed by atoms with Crippen molar-refractivity contribution in [2.24, 2.45) is 0 Å². The zero-order valence-corrected chi connectivity index (χ0v) is 25.1. The van der Waals surface area contributed by atoms with Crippen molar-refractivity contribution in [3.8, 4) is 0 Å². The van der Waals surface area contributed by atoms with E-state index in [9.17, 15) is 10.2 Å². The van der Waals surface area contributed by atoms with E-state index in [4.69, 9.17) is 12.3 Å². The quantitative estimate of drug-likeness (QED) is 0.365. The maximum Gasteiger partial charge on any atom is 0.388 e. The molecule has 2 N–H and O–H groups in total. The molecule has 184 valence electrons. The topological polar surface area (TPSA) is 68.2 Å². The molecule has 0 amide bonds. The molecule has 0 aliphatic heterocycles. The number of aliphatic hydroxyl groups excluding tert-OH is 2. The molecule has 0 heterocycles. The summed E-state index contributed by atoms with van der Waals surface area (Å²) in [6.07, 6.45) is 1.48. The van der Waals surface area contributed by atoms with Gasteiger partial charge in [0.05, 0.1) is 0 Å². The fourth-order valence-electron chi connectivity index (χ4n) is 4.27. The summed E-state index contributed by atoms with van der Waals surface area (Å²) in [4.78, 5) is 0. The molecule has 0 aliphatic carbocycles. The molecule has 33 heavy (non-hydrogen) atoms. The summed E-state index contributed by atoms with van der Waals surface area (Å²) in [6, 6.07) is 22.5. The van der Waals surface area contributed by atoms with Gasteiger partial charge in [-0.1, -0.05) is 60.7 Å². The first kappa shape index (κ1) is 28.3. The third-order valence-corrected chi connectivity index (χ3v) is 21.5. The Balaban J connectivity index is 2.57. The number of rotatable bonds is 14. The highest BCUT2D eigenvalue weighted by atomic mass is 28.5. The van der Waals surface area contributed by atoms with Gasteiger partial charge in [-0.25, -0.2) is 0 Å². The second-order valence-electron chi connectivity index (χ2n) is 10.2. The Hall–Kier alpha value is -0.892. The van der Waals surface area contributed by atoms with E-state index in [1.807, 2.05) is 36.4 Å². The molecular weight excluding hydrogens is 481 g/mol. The lowest BCUT2D eigenvalue weighted by atomic mass is 10.4. The summed E-state index contributed by atoms with van der Waals surface area (Å²) in [5.74, 6) is 0. The maximum atomic E-state index is 9.47. The molecule has 2 aromatic rings. The summed E-state index contributed by atoms with van der Waals surface area (Å²) in [5.41, 5.74) is 0. The Morgan fingerprint density at radius 1 is 0.576 bits per heavy atom. The molecule has 0 atom stereocenters. The number of hydrogen-bond acceptors (Lipinski definition) is 5. The van der Waals surface area contributed by atoms with Gasteiger partial charge in [0.15, 0.2) is 16.6 Å². The molecule has 5 nitrogen and oxygen atoms in total. The van der Waals surface area contributed by atoms with Crippen LogP contribution in [0.5, 0.6) is 0 Å². The van der Waals surface area contributed by atoms with Crippen molar-refractivity contribution < 1.29 is 22.6 Å². The van der Waals surface area contributed by atoms with Crippen LogP contribution in [-0.4, -0.2) is 57.2 Å². The zero-order chi connectivity index (χ0) is 24.6. The largest absolute Gasteiger partial charge is 0.436 e. The van der Waals surface area contributed by atoms with E-state index in [1.165, 1.54) is 0 Å². The van der Waals surface area contributed by atoms with Crippen LogP contribution in [0.25, 0.3) is 0 Å². The van der Waals surface area contributed by atoms with Gasteiger partial charge in [-0.15, -0.1) is 0 Å². The Morgan fingerprint density at radius 2 is 0.970 bits per heavy atom. The summed E-state index contributed by atoms with van der Waals surface area (Å²) < 4.78 is 21.2. The Labute approximate surface area is 204 Å². The van der Waals surface area contributed by atoms with Crippen LogP contribution in [0.3, 0.4) is 0 Å². The van der Waals surface area contributed by atoms with Gasteiger partial charge in [0.1, 0.15) is 0 Å². The average molecular weight is 523 g/mol. The van der Waals surface area contributed by atoms with Crippen molar-refractivity contribution in [1.29, 1.82) is 0 Å². The molecule has 0 aliphatic rings. The minimum Gasteiger partial charge on any atom is -0.436 e. The number of hydrogen-bond donors (Lipinski definition) is 2. The molecule has 0 fully saturated rings. The second kappa shape index (κ2) is 12.2. The first-order valence-electron chi connectivity index (χ1n) is 11.9. The standard InChI is InChI=1S/C24H42O5Si4/c1-30(2,21-13-19-25)27-32(5,6)29-33(23-15-9-7-10-16-23,24-17-11-8-12-18-24)28-31(3,4)22-14-20-26/h7-12,15-18,25-26H,13-14,19-22H2,1-6H3. The highest BCUT2D eigenvalue weighted by Crippen LogP contribution is 2.28. The lowest BCUT2D eigenvalue weighted by molar-refractivity contribution is 0.288. The lowest BCUT2D eigenvalue weighted by Crippen LogP contribution is -2.71. The van der Waals surface area contributed by atoms with Gasteiger partial charge >= 0.3 is 17.1 Å². The Morgan fingerprint density at radius 3 is 1.36 bits per heavy atom. The van der Waals surface area contributed by atoms with Crippen molar-refractivity contribution in [1.82, 2.24) is 0 Å². The van der Waals surface area contributed by atoms with Gasteiger partial charge in [0.2, 0.25) is 0 Å². The van der Waals surface area contributed by atoms with Crippen molar-refractivity contribution in [3.05, 3.63) is 60.7 Å². The van der Waals surface area contributed by atoms with E-state index >= 15 is 0 Å². The lowest BCUT2D eigenvalue weighted by Gasteiger charge is -2.44.